The van der Waals surface area contributed by atoms with Gasteiger partial charge in [-0.25, -0.2) is 0 Å². The van der Waals surface area contributed by atoms with E-state index in [1.807, 2.05) is 6.92 Å². The highest BCUT2D eigenvalue weighted by atomic mass is 16.2. The normalized spacial score (nSPS) is 20.9. The summed E-state index contributed by atoms with van der Waals surface area (Å²) in [5.41, 5.74) is 1.49. The Morgan fingerprint density at radius 2 is 1.84 bits per heavy atom. The SMILES string of the molecule is Cc1ccc(C(=O)Nc2cccc(C(=O)NCC3CCCN4CCCCC34)c2)c(=O)n1C. The first-order valence-corrected chi connectivity index (χ1v) is 11.5. The zero-order valence-corrected chi connectivity index (χ0v) is 18.9. The number of hydrogen-bond donors (Lipinski definition) is 2. The van der Waals surface area contributed by atoms with E-state index in [1.165, 1.54) is 49.4 Å². The second kappa shape index (κ2) is 9.69. The number of piperidine rings is 2. The molecule has 2 fully saturated rings. The molecule has 1 aromatic heterocycles. The molecule has 1 aromatic carbocycles. The average molecular weight is 437 g/mol. The van der Waals surface area contributed by atoms with Crippen LogP contribution in [0.15, 0.2) is 41.2 Å². The summed E-state index contributed by atoms with van der Waals surface area (Å²) < 4.78 is 1.44. The maximum Gasteiger partial charge on any atom is 0.263 e. The van der Waals surface area contributed by atoms with Gasteiger partial charge in [-0.3, -0.25) is 14.4 Å². The monoisotopic (exact) mass is 436 g/mol. The Kier molecular flexibility index (Phi) is 6.74. The van der Waals surface area contributed by atoms with Crippen LogP contribution in [0.1, 0.15) is 58.5 Å². The molecule has 0 aliphatic carbocycles. The summed E-state index contributed by atoms with van der Waals surface area (Å²) in [6.07, 6.45) is 6.13. The van der Waals surface area contributed by atoms with Gasteiger partial charge >= 0.3 is 0 Å². The van der Waals surface area contributed by atoms with Crippen LogP contribution in [0, 0.1) is 12.8 Å². The lowest BCUT2D eigenvalue weighted by atomic mass is 9.83. The van der Waals surface area contributed by atoms with Gasteiger partial charge in [0.2, 0.25) is 0 Å². The number of aryl methyl sites for hydroxylation is 1. The zero-order valence-electron chi connectivity index (χ0n) is 18.9. The van der Waals surface area contributed by atoms with Crippen molar-refractivity contribution in [3.63, 3.8) is 0 Å². The molecule has 2 aromatic rings. The number of nitrogens with one attached hydrogen (secondary N) is 2. The van der Waals surface area contributed by atoms with Crippen molar-refractivity contribution in [1.82, 2.24) is 14.8 Å². The van der Waals surface area contributed by atoms with E-state index in [2.05, 4.69) is 15.5 Å². The highest BCUT2D eigenvalue weighted by molar-refractivity contribution is 6.04. The minimum Gasteiger partial charge on any atom is -0.352 e. The number of benzene rings is 1. The molecule has 2 amide bonds. The van der Waals surface area contributed by atoms with Gasteiger partial charge in [-0.05, 0) is 81.9 Å². The predicted octanol–water partition coefficient (Wildman–Crippen LogP) is 2.94. The topological polar surface area (TPSA) is 83.4 Å². The summed E-state index contributed by atoms with van der Waals surface area (Å²) in [6.45, 7) is 4.85. The number of amides is 2. The zero-order chi connectivity index (χ0) is 22.7. The van der Waals surface area contributed by atoms with E-state index in [0.717, 1.165) is 12.1 Å². The highest BCUT2D eigenvalue weighted by Crippen LogP contribution is 2.30. The molecule has 0 bridgehead atoms. The van der Waals surface area contributed by atoms with Crippen molar-refractivity contribution in [1.29, 1.82) is 0 Å². The molecule has 0 radical (unpaired) electrons. The molecule has 2 saturated heterocycles. The molecular weight excluding hydrogens is 404 g/mol. The number of pyridine rings is 1. The summed E-state index contributed by atoms with van der Waals surface area (Å²) in [5.74, 6) is -0.128. The Balaban J connectivity index is 1.39. The third kappa shape index (κ3) is 4.78. The Morgan fingerprint density at radius 1 is 1.03 bits per heavy atom. The first kappa shape index (κ1) is 22.3. The molecule has 7 nitrogen and oxygen atoms in total. The van der Waals surface area contributed by atoms with E-state index in [4.69, 9.17) is 0 Å². The van der Waals surface area contributed by atoms with E-state index >= 15 is 0 Å². The number of aromatic nitrogens is 1. The largest absolute Gasteiger partial charge is 0.352 e. The second-order valence-corrected chi connectivity index (χ2v) is 9.00. The predicted molar refractivity (Wildman–Crippen MR) is 125 cm³/mol. The summed E-state index contributed by atoms with van der Waals surface area (Å²) in [6, 6.07) is 10.7. The van der Waals surface area contributed by atoms with Gasteiger partial charge < -0.3 is 20.1 Å². The molecule has 2 atom stereocenters. The van der Waals surface area contributed by atoms with E-state index in [1.54, 1.807) is 37.4 Å². The van der Waals surface area contributed by atoms with Crippen molar-refractivity contribution in [3.05, 3.63) is 63.6 Å². The molecule has 0 spiro atoms. The van der Waals surface area contributed by atoms with Crippen molar-refractivity contribution in [2.75, 3.05) is 25.0 Å². The van der Waals surface area contributed by atoms with Crippen molar-refractivity contribution >= 4 is 17.5 Å². The summed E-state index contributed by atoms with van der Waals surface area (Å²) in [5, 5.41) is 5.85. The number of rotatable bonds is 5. The number of carbonyl (C=O) groups is 2. The van der Waals surface area contributed by atoms with Crippen LogP contribution >= 0.6 is 0 Å². The average Bonchev–Trinajstić information content (AvgIpc) is 2.81. The summed E-state index contributed by atoms with van der Waals surface area (Å²) in [7, 11) is 1.64. The lowest BCUT2D eigenvalue weighted by Gasteiger charge is -2.44. The van der Waals surface area contributed by atoms with Gasteiger partial charge in [0, 0.05) is 36.6 Å². The van der Waals surface area contributed by atoms with Crippen LogP contribution in [-0.2, 0) is 7.05 Å². The van der Waals surface area contributed by atoms with E-state index in [-0.39, 0.29) is 17.0 Å². The standard InChI is InChI=1S/C25H32N4O3/c1-17-11-12-21(25(32)28(17)2)24(31)27-20-9-5-7-18(15-20)23(30)26-16-19-8-6-14-29-13-4-3-10-22(19)29/h5,7,9,11-12,15,19,22H,3-4,6,8,10,13-14,16H2,1-2H3,(H,26,30)(H,27,31). The second-order valence-electron chi connectivity index (χ2n) is 9.00. The number of anilines is 1. The molecule has 3 heterocycles. The molecule has 2 N–H and O–H groups in total. The molecule has 4 rings (SSSR count). The van der Waals surface area contributed by atoms with Gasteiger partial charge in [-0.2, -0.15) is 0 Å². The maximum absolute atomic E-state index is 12.8. The van der Waals surface area contributed by atoms with Crippen molar-refractivity contribution in [3.8, 4) is 0 Å². The molecule has 170 valence electrons. The summed E-state index contributed by atoms with van der Waals surface area (Å²) in [4.78, 5) is 40.4. The highest BCUT2D eigenvalue weighted by Gasteiger charge is 2.33. The summed E-state index contributed by atoms with van der Waals surface area (Å²) >= 11 is 0. The van der Waals surface area contributed by atoms with Gasteiger partial charge in [0.1, 0.15) is 5.56 Å². The van der Waals surface area contributed by atoms with E-state index in [9.17, 15) is 14.4 Å². The van der Waals surface area contributed by atoms with E-state index < -0.39 is 5.91 Å². The van der Waals surface area contributed by atoms with Crippen LogP contribution in [0.25, 0.3) is 0 Å². The van der Waals surface area contributed by atoms with Gasteiger partial charge in [-0.15, -0.1) is 0 Å². The first-order valence-electron chi connectivity index (χ1n) is 11.5. The van der Waals surface area contributed by atoms with Crippen LogP contribution in [0.2, 0.25) is 0 Å². The third-order valence-electron chi connectivity index (χ3n) is 6.94. The Hall–Kier alpha value is -2.93. The molecule has 7 heteroatoms. The molecular formula is C25H32N4O3. The third-order valence-corrected chi connectivity index (χ3v) is 6.94. The number of fused-ring (bicyclic) bond motifs is 1. The van der Waals surface area contributed by atoms with Crippen molar-refractivity contribution in [2.45, 2.75) is 45.1 Å². The fourth-order valence-corrected chi connectivity index (χ4v) is 4.98. The van der Waals surface area contributed by atoms with Gasteiger partial charge in [0.25, 0.3) is 17.4 Å². The minimum absolute atomic E-state index is 0.0716. The number of carbonyl (C=O) groups excluding carboxylic acids is 2. The Bertz CT molecular complexity index is 1060. The van der Waals surface area contributed by atoms with Crippen molar-refractivity contribution in [2.24, 2.45) is 13.0 Å². The van der Waals surface area contributed by atoms with Crippen LogP contribution in [0.4, 0.5) is 5.69 Å². The van der Waals surface area contributed by atoms with Crippen LogP contribution in [0.3, 0.4) is 0 Å². The minimum atomic E-state index is -0.484. The maximum atomic E-state index is 12.8. The smallest absolute Gasteiger partial charge is 0.263 e. The quantitative estimate of drug-likeness (QED) is 0.755. The van der Waals surface area contributed by atoms with Crippen LogP contribution < -0.4 is 16.2 Å². The fourth-order valence-electron chi connectivity index (χ4n) is 4.98. The number of nitrogens with zero attached hydrogens (tertiary/aromatic N) is 2. The lowest BCUT2D eigenvalue weighted by molar-refractivity contribution is 0.0575. The fraction of sp³-hybridized carbons (Fsp3) is 0.480. The molecule has 2 aliphatic rings. The van der Waals surface area contributed by atoms with Crippen LogP contribution in [-0.4, -0.2) is 47.0 Å². The Morgan fingerprint density at radius 3 is 2.69 bits per heavy atom. The lowest BCUT2D eigenvalue weighted by Crippen LogP contribution is -2.51. The van der Waals surface area contributed by atoms with E-state index in [0.29, 0.717) is 29.8 Å². The molecule has 0 saturated carbocycles. The molecule has 32 heavy (non-hydrogen) atoms. The van der Waals surface area contributed by atoms with Gasteiger partial charge in [0.15, 0.2) is 0 Å². The van der Waals surface area contributed by atoms with Crippen LogP contribution in [0.5, 0.6) is 0 Å². The van der Waals surface area contributed by atoms with Crippen molar-refractivity contribution < 1.29 is 9.59 Å². The Labute approximate surface area is 188 Å². The van der Waals surface area contributed by atoms with Gasteiger partial charge in [0.05, 0.1) is 0 Å². The first-order chi connectivity index (χ1) is 15.4. The molecule has 2 aliphatic heterocycles. The number of hydrogen-bond acceptors (Lipinski definition) is 4. The van der Waals surface area contributed by atoms with Gasteiger partial charge in [-0.1, -0.05) is 12.5 Å². The molecule has 2 unspecified atom stereocenters.